The molecule has 0 aliphatic heterocycles. The number of furan rings is 1. The number of methoxy groups -OCH3 is 1. The Labute approximate surface area is 171 Å². The molecular formula is C21H17ClN4O3. The first kappa shape index (κ1) is 18.8. The quantitative estimate of drug-likeness (QED) is 0.505. The van der Waals surface area contributed by atoms with Gasteiger partial charge in [-0.2, -0.15) is 9.67 Å². The summed E-state index contributed by atoms with van der Waals surface area (Å²) in [6.45, 7) is 0.443. The zero-order valence-corrected chi connectivity index (χ0v) is 16.3. The van der Waals surface area contributed by atoms with Crippen molar-refractivity contribution in [3.63, 3.8) is 0 Å². The first-order valence-corrected chi connectivity index (χ1v) is 9.20. The normalized spacial score (nSPS) is 10.7. The highest BCUT2D eigenvalue weighted by Crippen LogP contribution is 2.21. The second kappa shape index (κ2) is 8.20. The third-order valence-electron chi connectivity index (χ3n) is 4.22. The Balaban J connectivity index is 1.67. The van der Waals surface area contributed by atoms with Crippen LogP contribution in [0.4, 0.5) is 5.95 Å². The number of carbonyl (C=O) groups excluding carboxylic acids is 1. The Morgan fingerprint density at radius 1 is 1.17 bits per heavy atom. The fourth-order valence-electron chi connectivity index (χ4n) is 2.74. The average molecular weight is 409 g/mol. The molecule has 29 heavy (non-hydrogen) atoms. The van der Waals surface area contributed by atoms with Crippen molar-refractivity contribution in [1.82, 2.24) is 14.8 Å². The van der Waals surface area contributed by atoms with Gasteiger partial charge < -0.3 is 14.5 Å². The van der Waals surface area contributed by atoms with Crippen LogP contribution in [0.5, 0.6) is 5.75 Å². The summed E-state index contributed by atoms with van der Waals surface area (Å²) in [5, 5.41) is 8.17. The monoisotopic (exact) mass is 408 g/mol. The van der Waals surface area contributed by atoms with E-state index in [9.17, 15) is 4.79 Å². The van der Waals surface area contributed by atoms with Crippen LogP contribution in [0.15, 0.2) is 71.3 Å². The number of aromatic nitrogens is 3. The van der Waals surface area contributed by atoms with Crippen molar-refractivity contribution < 1.29 is 13.9 Å². The Hall–Kier alpha value is -3.58. The van der Waals surface area contributed by atoms with Crippen molar-refractivity contribution in [3.05, 3.63) is 83.1 Å². The SMILES string of the molecule is COc1cccc(C(=O)n2nc(-c3ccco3)nc2NCc2ccc(Cl)cc2)c1. The number of hydrogen-bond donors (Lipinski definition) is 1. The minimum atomic E-state index is -0.340. The summed E-state index contributed by atoms with van der Waals surface area (Å²) in [5.74, 6) is 1.33. The van der Waals surface area contributed by atoms with Gasteiger partial charge in [-0.1, -0.05) is 29.8 Å². The van der Waals surface area contributed by atoms with E-state index in [1.807, 2.05) is 12.1 Å². The molecule has 0 aliphatic rings. The summed E-state index contributed by atoms with van der Waals surface area (Å²) in [7, 11) is 1.55. The number of rotatable bonds is 6. The molecule has 0 bridgehead atoms. The van der Waals surface area contributed by atoms with Gasteiger partial charge in [0.15, 0.2) is 5.76 Å². The van der Waals surface area contributed by atoms with E-state index in [1.54, 1.807) is 55.6 Å². The molecule has 4 aromatic rings. The molecule has 4 rings (SSSR count). The van der Waals surface area contributed by atoms with E-state index in [0.717, 1.165) is 5.56 Å². The first-order chi connectivity index (χ1) is 14.1. The molecule has 146 valence electrons. The van der Waals surface area contributed by atoms with Gasteiger partial charge in [-0.05, 0) is 48.0 Å². The van der Waals surface area contributed by atoms with Crippen molar-refractivity contribution in [1.29, 1.82) is 0 Å². The van der Waals surface area contributed by atoms with E-state index in [4.69, 9.17) is 20.8 Å². The molecule has 0 aliphatic carbocycles. The molecule has 2 aromatic heterocycles. The van der Waals surface area contributed by atoms with Gasteiger partial charge in [-0.15, -0.1) is 5.10 Å². The molecule has 0 unspecified atom stereocenters. The summed E-state index contributed by atoms with van der Waals surface area (Å²) < 4.78 is 11.8. The fraction of sp³-hybridized carbons (Fsp3) is 0.0952. The van der Waals surface area contributed by atoms with Gasteiger partial charge in [0.05, 0.1) is 13.4 Å². The largest absolute Gasteiger partial charge is 0.497 e. The zero-order valence-electron chi connectivity index (χ0n) is 15.5. The van der Waals surface area contributed by atoms with Crippen molar-refractivity contribution in [2.75, 3.05) is 12.4 Å². The highest BCUT2D eigenvalue weighted by atomic mass is 35.5. The number of nitrogens with zero attached hydrogens (tertiary/aromatic N) is 3. The maximum Gasteiger partial charge on any atom is 0.281 e. The molecule has 0 amide bonds. The predicted octanol–water partition coefficient (Wildman–Crippen LogP) is 4.50. The smallest absolute Gasteiger partial charge is 0.281 e. The summed E-state index contributed by atoms with van der Waals surface area (Å²) in [4.78, 5) is 17.5. The molecule has 8 heteroatoms. The van der Waals surface area contributed by atoms with Crippen LogP contribution in [0.1, 0.15) is 15.9 Å². The van der Waals surface area contributed by atoms with Crippen LogP contribution >= 0.6 is 11.6 Å². The molecule has 0 atom stereocenters. The molecule has 2 heterocycles. The number of hydrogen-bond acceptors (Lipinski definition) is 6. The van der Waals surface area contributed by atoms with Crippen molar-refractivity contribution in [2.24, 2.45) is 0 Å². The zero-order chi connectivity index (χ0) is 20.2. The minimum Gasteiger partial charge on any atom is -0.497 e. The average Bonchev–Trinajstić information content (AvgIpc) is 3.43. The molecular weight excluding hydrogens is 392 g/mol. The van der Waals surface area contributed by atoms with Crippen LogP contribution in [0.25, 0.3) is 11.6 Å². The lowest BCUT2D eigenvalue weighted by Gasteiger charge is -2.08. The van der Waals surface area contributed by atoms with Crippen LogP contribution in [-0.2, 0) is 6.54 Å². The van der Waals surface area contributed by atoms with E-state index in [2.05, 4.69) is 15.4 Å². The van der Waals surface area contributed by atoms with Gasteiger partial charge in [-0.25, -0.2) is 0 Å². The van der Waals surface area contributed by atoms with E-state index < -0.39 is 0 Å². The van der Waals surface area contributed by atoms with Gasteiger partial charge in [0.1, 0.15) is 5.75 Å². The maximum absolute atomic E-state index is 13.1. The van der Waals surface area contributed by atoms with Crippen molar-refractivity contribution in [2.45, 2.75) is 6.54 Å². The highest BCUT2D eigenvalue weighted by molar-refractivity contribution is 6.30. The third-order valence-corrected chi connectivity index (χ3v) is 4.47. The lowest BCUT2D eigenvalue weighted by Crippen LogP contribution is -2.17. The van der Waals surface area contributed by atoms with Crippen molar-refractivity contribution >= 4 is 23.5 Å². The highest BCUT2D eigenvalue weighted by Gasteiger charge is 2.20. The van der Waals surface area contributed by atoms with Crippen LogP contribution < -0.4 is 10.1 Å². The molecule has 1 N–H and O–H groups in total. The number of halogens is 1. The van der Waals surface area contributed by atoms with E-state index in [-0.39, 0.29) is 5.91 Å². The number of benzene rings is 2. The number of nitrogens with one attached hydrogen (secondary N) is 1. The molecule has 2 aromatic carbocycles. The Morgan fingerprint density at radius 2 is 2.00 bits per heavy atom. The minimum absolute atomic E-state index is 0.305. The van der Waals surface area contributed by atoms with Crippen LogP contribution in [-0.4, -0.2) is 27.8 Å². The Kier molecular flexibility index (Phi) is 5.31. The van der Waals surface area contributed by atoms with Crippen LogP contribution in [0.3, 0.4) is 0 Å². The summed E-state index contributed by atoms with van der Waals surface area (Å²) in [6, 6.07) is 17.7. The molecule has 0 saturated heterocycles. The van der Waals surface area contributed by atoms with Crippen LogP contribution in [0, 0.1) is 0 Å². The van der Waals surface area contributed by atoms with E-state index >= 15 is 0 Å². The fourth-order valence-corrected chi connectivity index (χ4v) is 2.87. The number of anilines is 1. The van der Waals surface area contributed by atoms with Gasteiger partial charge in [0, 0.05) is 17.1 Å². The number of carbonyl (C=O) groups is 1. The van der Waals surface area contributed by atoms with Gasteiger partial charge in [0.25, 0.3) is 5.91 Å². The second-order valence-electron chi connectivity index (χ2n) is 6.17. The molecule has 0 radical (unpaired) electrons. The van der Waals surface area contributed by atoms with E-state index in [1.165, 1.54) is 10.9 Å². The summed E-state index contributed by atoms with van der Waals surface area (Å²) in [6.07, 6.45) is 1.53. The lowest BCUT2D eigenvalue weighted by atomic mass is 10.2. The number of ether oxygens (including phenoxy) is 1. The third kappa shape index (κ3) is 4.14. The standard InChI is InChI=1S/C21H17ClN4O3/c1-28-17-5-2-4-15(12-17)20(27)26-21(23-13-14-7-9-16(22)10-8-14)24-19(25-26)18-6-3-11-29-18/h2-12H,13H2,1H3,(H,23,24,25). The van der Waals surface area contributed by atoms with Crippen molar-refractivity contribution in [3.8, 4) is 17.3 Å². The lowest BCUT2D eigenvalue weighted by molar-refractivity contribution is 0.0947. The van der Waals surface area contributed by atoms with Gasteiger partial charge in [0.2, 0.25) is 11.8 Å². The second-order valence-corrected chi connectivity index (χ2v) is 6.60. The first-order valence-electron chi connectivity index (χ1n) is 8.82. The summed E-state index contributed by atoms with van der Waals surface area (Å²) >= 11 is 5.94. The Morgan fingerprint density at radius 3 is 2.72 bits per heavy atom. The molecule has 0 spiro atoms. The molecule has 0 fully saturated rings. The van der Waals surface area contributed by atoms with E-state index in [0.29, 0.717) is 40.4 Å². The Bertz CT molecular complexity index is 1120. The summed E-state index contributed by atoms with van der Waals surface area (Å²) in [5.41, 5.74) is 1.41. The topological polar surface area (TPSA) is 82.2 Å². The van der Waals surface area contributed by atoms with Gasteiger partial charge in [-0.3, -0.25) is 4.79 Å². The molecule has 0 saturated carbocycles. The maximum atomic E-state index is 13.1. The van der Waals surface area contributed by atoms with Gasteiger partial charge >= 0.3 is 0 Å². The predicted molar refractivity (Wildman–Crippen MR) is 109 cm³/mol. The molecule has 7 nitrogen and oxygen atoms in total. The van der Waals surface area contributed by atoms with Crippen LogP contribution in [0.2, 0.25) is 5.02 Å².